The summed E-state index contributed by atoms with van der Waals surface area (Å²) in [5.41, 5.74) is 1.67. The highest BCUT2D eigenvalue weighted by Crippen LogP contribution is 2.29. The molecule has 1 atom stereocenters. The van der Waals surface area contributed by atoms with Crippen molar-refractivity contribution in [1.29, 1.82) is 0 Å². The summed E-state index contributed by atoms with van der Waals surface area (Å²) >= 11 is 0. The molecule has 6 heteroatoms. The summed E-state index contributed by atoms with van der Waals surface area (Å²) in [5.74, 6) is 0.683. The third-order valence-electron chi connectivity index (χ3n) is 4.53. The highest BCUT2D eigenvalue weighted by atomic mass is 16.2. The molecule has 0 aromatic carbocycles. The molecule has 0 aliphatic carbocycles. The lowest BCUT2D eigenvalue weighted by molar-refractivity contribution is 0.0611. The molecule has 0 unspecified atom stereocenters. The van der Waals surface area contributed by atoms with Crippen molar-refractivity contribution >= 4 is 5.91 Å². The minimum Gasteiger partial charge on any atom is -0.348 e. The fraction of sp³-hybridized carbons (Fsp3) is 0.278. The Morgan fingerprint density at radius 3 is 2.92 bits per heavy atom. The molecule has 1 amide bonds. The van der Waals surface area contributed by atoms with Gasteiger partial charge in [0.25, 0.3) is 5.91 Å². The lowest BCUT2D eigenvalue weighted by atomic mass is 10.1. The van der Waals surface area contributed by atoms with Gasteiger partial charge in [-0.25, -0.2) is 9.97 Å². The van der Waals surface area contributed by atoms with E-state index < -0.39 is 0 Å². The van der Waals surface area contributed by atoms with E-state index in [1.165, 1.54) is 5.69 Å². The molecule has 0 spiro atoms. The summed E-state index contributed by atoms with van der Waals surface area (Å²) in [6.45, 7) is 3.64. The van der Waals surface area contributed by atoms with Gasteiger partial charge in [0.05, 0.1) is 6.04 Å². The monoisotopic (exact) mass is 321 g/mol. The van der Waals surface area contributed by atoms with Crippen LogP contribution in [0.5, 0.6) is 0 Å². The highest BCUT2D eigenvalue weighted by molar-refractivity contribution is 5.92. The van der Waals surface area contributed by atoms with Crippen molar-refractivity contribution in [2.45, 2.75) is 25.9 Å². The number of nitrogens with zero attached hydrogens (tertiary/aromatic N) is 5. The molecule has 4 rings (SSSR count). The highest BCUT2D eigenvalue weighted by Gasteiger charge is 2.30. The quantitative estimate of drug-likeness (QED) is 0.745. The van der Waals surface area contributed by atoms with Crippen LogP contribution in [0.2, 0.25) is 0 Å². The van der Waals surface area contributed by atoms with E-state index in [1.807, 2.05) is 29.3 Å². The van der Waals surface area contributed by atoms with Gasteiger partial charge in [0.2, 0.25) is 0 Å². The Kier molecular flexibility index (Phi) is 3.65. The maximum atomic E-state index is 13.1. The van der Waals surface area contributed by atoms with E-state index in [-0.39, 0.29) is 11.9 Å². The molecule has 24 heavy (non-hydrogen) atoms. The van der Waals surface area contributed by atoms with Crippen LogP contribution < -0.4 is 0 Å². The molecule has 6 nitrogen and oxygen atoms in total. The van der Waals surface area contributed by atoms with Gasteiger partial charge in [-0.2, -0.15) is 0 Å². The van der Waals surface area contributed by atoms with Crippen LogP contribution in [-0.2, 0) is 6.54 Å². The topological polar surface area (TPSA) is 56.0 Å². The first kappa shape index (κ1) is 14.7. The molecule has 122 valence electrons. The van der Waals surface area contributed by atoms with Gasteiger partial charge in [0, 0.05) is 37.4 Å². The number of pyridine rings is 1. The lowest BCUT2D eigenvalue weighted by Crippen LogP contribution is -2.42. The number of imidazole rings is 1. The second-order valence-electron chi connectivity index (χ2n) is 5.90. The summed E-state index contributed by atoms with van der Waals surface area (Å²) in [7, 11) is 0. The van der Waals surface area contributed by atoms with Crippen molar-refractivity contribution in [2.24, 2.45) is 0 Å². The van der Waals surface area contributed by atoms with E-state index in [2.05, 4.69) is 33.7 Å². The molecule has 1 aliphatic heterocycles. The number of rotatable bonds is 3. The Hall–Kier alpha value is -2.89. The van der Waals surface area contributed by atoms with Crippen LogP contribution in [0.4, 0.5) is 0 Å². The predicted molar refractivity (Wildman–Crippen MR) is 89.9 cm³/mol. The Balaban J connectivity index is 1.65. The first-order valence-corrected chi connectivity index (χ1v) is 8.19. The molecule has 3 aromatic heterocycles. The summed E-state index contributed by atoms with van der Waals surface area (Å²) in [4.78, 5) is 23.6. The van der Waals surface area contributed by atoms with Gasteiger partial charge < -0.3 is 9.47 Å². The molecule has 0 bridgehead atoms. The first-order valence-electron chi connectivity index (χ1n) is 8.19. The molecule has 1 aliphatic rings. The van der Waals surface area contributed by atoms with E-state index in [0.29, 0.717) is 18.1 Å². The fourth-order valence-electron chi connectivity index (χ4n) is 3.36. The third kappa shape index (κ3) is 2.40. The Morgan fingerprint density at radius 2 is 2.12 bits per heavy atom. The van der Waals surface area contributed by atoms with Gasteiger partial charge >= 0.3 is 0 Å². The van der Waals surface area contributed by atoms with Crippen molar-refractivity contribution in [3.63, 3.8) is 0 Å². The van der Waals surface area contributed by atoms with Crippen molar-refractivity contribution < 1.29 is 4.79 Å². The number of fused-ring (bicyclic) bond motifs is 1. The molecule has 0 radical (unpaired) electrons. The zero-order valence-electron chi connectivity index (χ0n) is 13.5. The molecule has 4 heterocycles. The number of carbonyl (C=O) groups is 1. The first-order chi connectivity index (χ1) is 11.8. The van der Waals surface area contributed by atoms with Crippen LogP contribution >= 0.6 is 0 Å². The summed E-state index contributed by atoms with van der Waals surface area (Å²) < 4.78 is 4.03. The van der Waals surface area contributed by atoms with E-state index in [1.54, 1.807) is 23.2 Å². The Bertz CT molecular complexity index is 852. The second kappa shape index (κ2) is 5.96. The minimum absolute atomic E-state index is 0.0173. The molecule has 0 N–H and O–H groups in total. The van der Waals surface area contributed by atoms with Crippen LogP contribution in [0.3, 0.4) is 0 Å². The van der Waals surface area contributed by atoms with Crippen molar-refractivity contribution in [3.05, 3.63) is 66.6 Å². The van der Waals surface area contributed by atoms with Gasteiger partial charge in [0.15, 0.2) is 0 Å². The predicted octanol–water partition coefficient (Wildman–Crippen LogP) is 2.68. The Labute approximate surface area is 140 Å². The largest absolute Gasteiger partial charge is 0.348 e. The molecule has 0 saturated carbocycles. The van der Waals surface area contributed by atoms with Gasteiger partial charge in [-0.1, -0.05) is 13.0 Å². The van der Waals surface area contributed by atoms with Crippen molar-refractivity contribution in [1.82, 2.24) is 24.0 Å². The smallest absolute Gasteiger partial charge is 0.273 e. The molecular formula is C18H19N5O. The maximum Gasteiger partial charge on any atom is 0.273 e. The normalized spacial score (nSPS) is 16.9. The number of aromatic nitrogens is 4. The summed E-state index contributed by atoms with van der Waals surface area (Å²) in [5, 5.41) is 0. The third-order valence-corrected chi connectivity index (χ3v) is 4.53. The standard InChI is InChI=1S/C18H19N5O/c1-2-15-16-6-4-9-21(16)11-12-23(15)18(24)14-5-3-7-17(20-14)22-10-8-19-13-22/h3-10,13,15H,2,11-12H2,1H3/t15-/m1/s1. The fourth-order valence-corrected chi connectivity index (χ4v) is 3.36. The van der Waals surface area contributed by atoms with E-state index >= 15 is 0 Å². The molecule has 0 fully saturated rings. The van der Waals surface area contributed by atoms with Crippen LogP contribution in [0.15, 0.2) is 55.2 Å². The maximum absolute atomic E-state index is 13.1. The molecular weight excluding hydrogens is 302 g/mol. The van der Waals surface area contributed by atoms with Gasteiger partial charge in [-0.15, -0.1) is 0 Å². The van der Waals surface area contributed by atoms with Crippen LogP contribution in [0, 0.1) is 0 Å². The van der Waals surface area contributed by atoms with Crippen LogP contribution in [0.25, 0.3) is 5.82 Å². The minimum atomic E-state index is -0.0173. The zero-order valence-corrected chi connectivity index (χ0v) is 13.5. The van der Waals surface area contributed by atoms with Crippen molar-refractivity contribution in [3.8, 4) is 5.82 Å². The number of carbonyl (C=O) groups excluding carboxylic acids is 1. The molecule has 3 aromatic rings. The zero-order chi connectivity index (χ0) is 16.5. The van der Waals surface area contributed by atoms with E-state index in [0.717, 1.165) is 13.0 Å². The average molecular weight is 321 g/mol. The summed E-state index contributed by atoms with van der Waals surface area (Å²) in [6.07, 6.45) is 8.16. The number of hydrogen-bond acceptors (Lipinski definition) is 3. The summed E-state index contributed by atoms with van der Waals surface area (Å²) in [6, 6.07) is 9.76. The Morgan fingerprint density at radius 1 is 1.21 bits per heavy atom. The number of amides is 1. The lowest BCUT2D eigenvalue weighted by Gasteiger charge is -2.36. The van der Waals surface area contributed by atoms with Gasteiger partial charge in [-0.05, 0) is 30.7 Å². The van der Waals surface area contributed by atoms with Crippen molar-refractivity contribution in [2.75, 3.05) is 6.54 Å². The van der Waals surface area contributed by atoms with Gasteiger partial charge in [-0.3, -0.25) is 9.36 Å². The van der Waals surface area contributed by atoms with Gasteiger partial charge in [0.1, 0.15) is 17.8 Å². The SMILES string of the molecule is CC[C@@H]1c2cccn2CCN1C(=O)c1cccc(-n2ccnc2)n1. The number of hydrogen-bond donors (Lipinski definition) is 0. The average Bonchev–Trinajstić information content (AvgIpc) is 3.31. The van der Waals surface area contributed by atoms with E-state index in [4.69, 9.17) is 0 Å². The van der Waals surface area contributed by atoms with E-state index in [9.17, 15) is 4.79 Å². The second-order valence-corrected chi connectivity index (χ2v) is 5.90. The van der Waals surface area contributed by atoms with Crippen LogP contribution in [-0.4, -0.2) is 36.5 Å². The van der Waals surface area contributed by atoms with Crippen LogP contribution in [0.1, 0.15) is 35.6 Å². The molecule has 0 saturated heterocycles.